The summed E-state index contributed by atoms with van der Waals surface area (Å²) in [4.78, 5) is 4.88. The Labute approximate surface area is 96.6 Å². The second-order valence-corrected chi connectivity index (χ2v) is 4.48. The van der Waals surface area contributed by atoms with E-state index < -0.39 is 0 Å². The topological polar surface area (TPSA) is 6.48 Å². The molecule has 0 amide bonds. The first-order chi connectivity index (χ1) is 7.20. The van der Waals surface area contributed by atoms with E-state index >= 15 is 0 Å². The van der Waals surface area contributed by atoms with Gasteiger partial charge in [-0.3, -0.25) is 0 Å². The molecule has 1 spiro atoms. The Morgan fingerprint density at radius 2 is 1.13 bits per heavy atom. The minimum atomic E-state index is 0.737. The number of rotatable bonds is 0. The van der Waals surface area contributed by atoms with E-state index in [9.17, 15) is 0 Å². The molecular weight excluding hydrogens is 184 g/mol. The summed E-state index contributed by atoms with van der Waals surface area (Å²) in [5, 5.41) is 0. The zero-order valence-corrected chi connectivity index (χ0v) is 11.6. The molecule has 0 atom stereocenters. The zero-order valence-electron chi connectivity index (χ0n) is 11.6. The first kappa shape index (κ1) is 14.9. The van der Waals surface area contributed by atoms with E-state index in [0.29, 0.717) is 0 Å². The van der Waals surface area contributed by atoms with Crippen LogP contribution in [0.4, 0.5) is 0 Å². The lowest BCUT2D eigenvalue weighted by Crippen LogP contribution is -2.58. The van der Waals surface area contributed by atoms with E-state index in [1.54, 1.807) is 0 Å². The number of piperidine rings is 1. The van der Waals surface area contributed by atoms with Crippen molar-refractivity contribution < 1.29 is 0 Å². The van der Waals surface area contributed by atoms with E-state index in [4.69, 9.17) is 0 Å². The molecule has 0 bridgehead atoms. The third-order valence-electron chi connectivity index (χ3n) is 3.26. The van der Waals surface area contributed by atoms with E-state index in [0.717, 1.165) is 5.41 Å². The Kier molecular flexibility index (Phi) is 7.20. The standard InChI is InChI=1S/C9H18N2.2C2H6/c1-10-5-3-9(4-6-10)7-11(2)8-9;2*1-2/h3-8H2,1-2H3;2*1-2H3. The van der Waals surface area contributed by atoms with Gasteiger partial charge in [0.15, 0.2) is 0 Å². The molecule has 2 saturated heterocycles. The van der Waals surface area contributed by atoms with Crippen LogP contribution in [0.3, 0.4) is 0 Å². The van der Waals surface area contributed by atoms with Crippen LogP contribution in [0, 0.1) is 5.41 Å². The molecule has 0 unspecified atom stereocenters. The maximum atomic E-state index is 2.45. The summed E-state index contributed by atoms with van der Waals surface area (Å²) < 4.78 is 0. The van der Waals surface area contributed by atoms with Gasteiger partial charge in [-0.1, -0.05) is 27.7 Å². The molecule has 2 heterocycles. The van der Waals surface area contributed by atoms with Gasteiger partial charge in [0.2, 0.25) is 0 Å². The van der Waals surface area contributed by atoms with Crippen LogP contribution in [0.5, 0.6) is 0 Å². The third-order valence-corrected chi connectivity index (χ3v) is 3.26. The maximum Gasteiger partial charge on any atom is 0.00484 e. The molecule has 92 valence electrons. The molecule has 2 fully saturated rings. The van der Waals surface area contributed by atoms with Crippen LogP contribution in [0.25, 0.3) is 0 Å². The van der Waals surface area contributed by atoms with Gasteiger partial charge in [-0.05, 0) is 45.4 Å². The summed E-state index contributed by atoms with van der Waals surface area (Å²) in [5.41, 5.74) is 0.737. The molecule has 0 aromatic heterocycles. The maximum absolute atomic E-state index is 2.45. The van der Waals surface area contributed by atoms with Crippen LogP contribution < -0.4 is 0 Å². The fourth-order valence-electron chi connectivity index (χ4n) is 2.51. The van der Waals surface area contributed by atoms with Gasteiger partial charge < -0.3 is 9.80 Å². The lowest BCUT2D eigenvalue weighted by atomic mass is 9.72. The summed E-state index contributed by atoms with van der Waals surface area (Å²) in [6, 6.07) is 0. The molecule has 2 aliphatic heterocycles. The van der Waals surface area contributed by atoms with E-state index in [2.05, 4.69) is 23.9 Å². The summed E-state index contributed by atoms with van der Waals surface area (Å²) >= 11 is 0. The first-order valence-corrected chi connectivity index (χ1v) is 6.57. The molecule has 2 heteroatoms. The molecule has 2 aliphatic rings. The van der Waals surface area contributed by atoms with E-state index in [-0.39, 0.29) is 0 Å². The highest BCUT2D eigenvalue weighted by atomic mass is 15.2. The molecule has 0 saturated carbocycles. The van der Waals surface area contributed by atoms with Crippen LogP contribution in [0.15, 0.2) is 0 Å². The number of likely N-dealkylation sites (tertiary alicyclic amines) is 2. The van der Waals surface area contributed by atoms with Crippen molar-refractivity contribution >= 4 is 0 Å². The van der Waals surface area contributed by atoms with Gasteiger partial charge >= 0.3 is 0 Å². The van der Waals surface area contributed by atoms with Gasteiger partial charge in [0, 0.05) is 13.1 Å². The monoisotopic (exact) mass is 214 g/mol. The van der Waals surface area contributed by atoms with Crippen LogP contribution in [-0.4, -0.2) is 50.1 Å². The third kappa shape index (κ3) is 4.12. The van der Waals surface area contributed by atoms with Crippen molar-refractivity contribution in [2.75, 3.05) is 40.3 Å². The molecular formula is C13H30N2. The molecule has 2 nitrogen and oxygen atoms in total. The van der Waals surface area contributed by atoms with Gasteiger partial charge in [0.05, 0.1) is 0 Å². The fourth-order valence-corrected chi connectivity index (χ4v) is 2.51. The summed E-state index contributed by atoms with van der Waals surface area (Å²) in [5.74, 6) is 0. The number of nitrogens with zero attached hydrogens (tertiary/aromatic N) is 2. The Morgan fingerprint density at radius 1 is 0.733 bits per heavy atom. The molecule has 2 rings (SSSR count). The van der Waals surface area contributed by atoms with Crippen LogP contribution in [-0.2, 0) is 0 Å². The van der Waals surface area contributed by atoms with Crippen LogP contribution >= 0.6 is 0 Å². The van der Waals surface area contributed by atoms with Crippen molar-refractivity contribution in [2.45, 2.75) is 40.5 Å². The predicted octanol–water partition coefficient (Wildman–Crippen LogP) is 2.70. The Bertz CT molecular complexity index is 141. The van der Waals surface area contributed by atoms with Crippen molar-refractivity contribution in [3.63, 3.8) is 0 Å². The van der Waals surface area contributed by atoms with Crippen LogP contribution in [0.2, 0.25) is 0 Å². The number of hydrogen-bond donors (Lipinski definition) is 0. The van der Waals surface area contributed by atoms with Gasteiger partial charge in [-0.25, -0.2) is 0 Å². The Balaban J connectivity index is 0.000000442. The highest BCUT2D eigenvalue weighted by Gasteiger charge is 2.42. The Morgan fingerprint density at radius 3 is 1.47 bits per heavy atom. The van der Waals surface area contributed by atoms with Crippen molar-refractivity contribution in [1.82, 2.24) is 9.80 Å². The van der Waals surface area contributed by atoms with Gasteiger partial charge in [0.1, 0.15) is 0 Å². The normalized spacial score (nSPS) is 24.4. The minimum absolute atomic E-state index is 0.737. The average Bonchev–Trinajstić information content (AvgIpc) is 2.26. The predicted molar refractivity (Wildman–Crippen MR) is 69.4 cm³/mol. The van der Waals surface area contributed by atoms with Crippen LogP contribution in [0.1, 0.15) is 40.5 Å². The quantitative estimate of drug-likeness (QED) is 0.612. The second kappa shape index (κ2) is 7.24. The lowest BCUT2D eigenvalue weighted by Gasteiger charge is -2.52. The molecule has 15 heavy (non-hydrogen) atoms. The minimum Gasteiger partial charge on any atom is -0.306 e. The molecule has 0 aliphatic carbocycles. The average molecular weight is 214 g/mol. The zero-order chi connectivity index (χ0) is 11.9. The largest absolute Gasteiger partial charge is 0.306 e. The molecule has 0 radical (unpaired) electrons. The highest BCUT2D eigenvalue weighted by molar-refractivity contribution is 4.96. The van der Waals surface area contributed by atoms with Gasteiger partial charge in [-0.2, -0.15) is 0 Å². The van der Waals surface area contributed by atoms with E-state index in [1.807, 2.05) is 27.7 Å². The molecule has 0 aromatic carbocycles. The van der Waals surface area contributed by atoms with E-state index in [1.165, 1.54) is 39.0 Å². The highest BCUT2D eigenvalue weighted by Crippen LogP contribution is 2.38. The first-order valence-electron chi connectivity index (χ1n) is 6.57. The molecule has 0 aromatic rings. The molecule has 0 N–H and O–H groups in total. The summed E-state index contributed by atoms with van der Waals surface area (Å²) in [6.07, 6.45) is 2.85. The number of hydrogen-bond acceptors (Lipinski definition) is 2. The summed E-state index contributed by atoms with van der Waals surface area (Å²) in [7, 11) is 4.46. The SMILES string of the molecule is CC.CC.CN1CCC2(CC1)CN(C)C2. The van der Waals surface area contributed by atoms with Crippen molar-refractivity contribution in [1.29, 1.82) is 0 Å². The van der Waals surface area contributed by atoms with Gasteiger partial charge in [0.25, 0.3) is 0 Å². The van der Waals surface area contributed by atoms with Crippen molar-refractivity contribution in [3.8, 4) is 0 Å². The smallest absolute Gasteiger partial charge is 0.00484 e. The fraction of sp³-hybridized carbons (Fsp3) is 1.00. The van der Waals surface area contributed by atoms with Crippen molar-refractivity contribution in [3.05, 3.63) is 0 Å². The lowest BCUT2D eigenvalue weighted by molar-refractivity contribution is -0.0264. The second-order valence-electron chi connectivity index (χ2n) is 4.48. The van der Waals surface area contributed by atoms with Gasteiger partial charge in [-0.15, -0.1) is 0 Å². The summed E-state index contributed by atoms with van der Waals surface area (Å²) in [6.45, 7) is 13.3. The Hall–Kier alpha value is -0.0800. The van der Waals surface area contributed by atoms with Crippen molar-refractivity contribution in [2.24, 2.45) is 5.41 Å².